The highest BCUT2D eigenvalue weighted by molar-refractivity contribution is 5.66. The summed E-state index contributed by atoms with van der Waals surface area (Å²) < 4.78 is 45.2. The van der Waals surface area contributed by atoms with Crippen LogP contribution in [0.3, 0.4) is 0 Å². The Morgan fingerprint density at radius 2 is 1.76 bits per heavy atom. The van der Waals surface area contributed by atoms with Crippen LogP contribution in [0.15, 0.2) is 36.4 Å². The van der Waals surface area contributed by atoms with Gasteiger partial charge in [-0.3, -0.25) is 0 Å². The first-order chi connectivity index (χ1) is 8.13. The van der Waals surface area contributed by atoms with Gasteiger partial charge in [-0.15, -0.1) is 0 Å². The van der Waals surface area contributed by atoms with E-state index < -0.39 is 17.5 Å². The highest BCUT2D eigenvalue weighted by atomic mass is 19.1. The molecule has 0 atom stereocenters. The zero-order valence-corrected chi connectivity index (χ0v) is 9.01. The van der Waals surface area contributed by atoms with Crippen molar-refractivity contribution >= 4 is 0 Å². The topological polar surface area (TPSA) is 9.23 Å². The summed E-state index contributed by atoms with van der Waals surface area (Å²) in [5.74, 6) is -2.22. The quantitative estimate of drug-likeness (QED) is 0.773. The van der Waals surface area contributed by atoms with Crippen LogP contribution < -0.4 is 4.74 Å². The lowest BCUT2D eigenvalue weighted by molar-refractivity contribution is 0.385. The molecule has 0 spiro atoms. The molecule has 2 rings (SSSR count). The Bertz CT molecular complexity index is 552. The molecule has 0 saturated carbocycles. The number of hydrogen-bond acceptors (Lipinski definition) is 1. The number of rotatable bonds is 2. The molecule has 0 heterocycles. The second-order valence-electron chi connectivity index (χ2n) is 3.45. The van der Waals surface area contributed by atoms with Crippen molar-refractivity contribution in [2.24, 2.45) is 0 Å². The van der Waals surface area contributed by atoms with Gasteiger partial charge in [0.2, 0.25) is 0 Å². The molecule has 2 aromatic rings. The Labute approximate surface area is 96.5 Å². The minimum atomic E-state index is -0.835. The molecular formula is C13H9F3O. The average Bonchev–Trinajstić information content (AvgIpc) is 2.29. The van der Waals surface area contributed by atoms with Crippen LogP contribution in [0.5, 0.6) is 5.75 Å². The van der Waals surface area contributed by atoms with E-state index in [0.29, 0.717) is 0 Å². The SMILES string of the molecule is COc1ccc(F)c(-c2cccc(F)c2)c1F. The Morgan fingerprint density at radius 1 is 1.00 bits per heavy atom. The molecule has 0 unspecified atom stereocenters. The smallest absolute Gasteiger partial charge is 0.175 e. The van der Waals surface area contributed by atoms with E-state index in [9.17, 15) is 13.2 Å². The third-order valence-corrected chi connectivity index (χ3v) is 2.39. The largest absolute Gasteiger partial charge is 0.494 e. The molecule has 4 heteroatoms. The zero-order valence-electron chi connectivity index (χ0n) is 9.01. The van der Waals surface area contributed by atoms with Crippen LogP contribution in [0.2, 0.25) is 0 Å². The maximum atomic E-state index is 13.9. The average molecular weight is 238 g/mol. The maximum absolute atomic E-state index is 13.9. The molecule has 0 aliphatic rings. The molecule has 0 aliphatic heterocycles. The van der Waals surface area contributed by atoms with Crippen molar-refractivity contribution in [3.8, 4) is 16.9 Å². The van der Waals surface area contributed by atoms with Crippen molar-refractivity contribution in [1.29, 1.82) is 0 Å². The predicted octanol–water partition coefficient (Wildman–Crippen LogP) is 3.78. The molecule has 0 radical (unpaired) electrons. The van der Waals surface area contributed by atoms with Crippen molar-refractivity contribution in [3.05, 3.63) is 53.8 Å². The first-order valence-electron chi connectivity index (χ1n) is 4.91. The van der Waals surface area contributed by atoms with E-state index >= 15 is 0 Å². The predicted molar refractivity (Wildman–Crippen MR) is 58.3 cm³/mol. The maximum Gasteiger partial charge on any atom is 0.175 e. The van der Waals surface area contributed by atoms with Gasteiger partial charge in [-0.25, -0.2) is 13.2 Å². The highest BCUT2D eigenvalue weighted by Crippen LogP contribution is 2.31. The lowest BCUT2D eigenvalue weighted by atomic mass is 10.0. The summed E-state index contributed by atoms with van der Waals surface area (Å²) in [4.78, 5) is 0. The summed E-state index contributed by atoms with van der Waals surface area (Å²) >= 11 is 0. The molecule has 0 aliphatic carbocycles. The van der Waals surface area contributed by atoms with Crippen LogP contribution in [0.4, 0.5) is 13.2 Å². The van der Waals surface area contributed by atoms with Crippen LogP contribution in [0.1, 0.15) is 0 Å². The van der Waals surface area contributed by atoms with Gasteiger partial charge in [-0.05, 0) is 29.8 Å². The van der Waals surface area contributed by atoms with Crippen LogP contribution >= 0.6 is 0 Å². The van der Waals surface area contributed by atoms with Crippen molar-refractivity contribution in [2.75, 3.05) is 7.11 Å². The monoisotopic (exact) mass is 238 g/mol. The van der Waals surface area contributed by atoms with Gasteiger partial charge in [-0.2, -0.15) is 0 Å². The second kappa shape index (κ2) is 4.49. The molecule has 1 nitrogen and oxygen atoms in total. The van der Waals surface area contributed by atoms with Crippen molar-refractivity contribution in [1.82, 2.24) is 0 Å². The van der Waals surface area contributed by atoms with Crippen LogP contribution in [0.25, 0.3) is 11.1 Å². The van der Waals surface area contributed by atoms with Gasteiger partial charge in [0.05, 0.1) is 12.7 Å². The van der Waals surface area contributed by atoms with Crippen LogP contribution in [0, 0.1) is 17.5 Å². The third-order valence-electron chi connectivity index (χ3n) is 2.39. The summed E-state index contributed by atoms with van der Waals surface area (Å²) in [6.45, 7) is 0. The van der Waals surface area contributed by atoms with Crippen molar-refractivity contribution < 1.29 is 17.9 Å². The van der Waals surface area contributed by atoms with Gasteiger partial charge in [0.25, 0.3) is 0 Å². The minimum absolute atomic E-state index is 0.0781. The van der Waals surface area contributed by atoms with Gasteiger partial charge < -0.3 is 4.74 Å². The molecule has 0 aromatic heterocycles. The Kier molecular flexibility index (Phi) is 3.04. The minimum Gasteiger partial charge on any atom is -0.494 e. The van der Waals surface area contributed by atoms with Crippen LogP contribution in [-0.4, -0.2) is 7.11 Å². The molecule has 0 bridgehead atoms. The van der Waals surface area contributed by atoms with Gasteiger partial charge in [0.1, 0.15) is 11.6 Å². The van der Waals surface area contributed by atoms with E-state index in [1.54, 1.807) is 0 Å². The highest BCUT2D eigenvalue weighted by Gasteiger charge is 2.16. The van der Waals surface area contributed by atoms with Gasteiger partial charge in [-0.1, -0.05) is 12.1 Å². The van der Waals surface area contributed by atoms with Crippen LogP contribution in [-0.2, 0) is 0 Å². The van der Waals surface area contributed by atoms with E-state index in [2.05, 4.69) is 0 Å². The number of hydrogen-bond donors (Lipinski definition) is 0. The molecule has 0 saturated heterocycles. The summed E-state index contributed by atoms with van der Waals surface area (Å²) in [5, 5.41) is 0. The molecule has 2 aromatic carbocycles. The number of ether oxygens (including phenoxy) is 1. The Morgan fingerprint density at radius 3 is 2.41 bits per heavy atom. The molecule has 17 heavy (non-hydrogen) atoms. The molecule has 0 N–H and O–H groups in total. The van der Waals surface area contributed by atoms with E-state index in [4.69, 9.17) is 4.74 Å². The molecule has 0 amide bonds. The lowest BCUT2D eigenvalue weighted by Crippen LogP contribution is -1.95. The van der Waals surface area contributed by atoms with Crippen molar-refractivity contribution in [3.63, 3.8) is 0 Å². The second-order valence-corrected chi connectivity index (χ2v) is 3.45. The first-order valence-corrected chi connectivity index (χ1v) is 4.91. The summed E-state index contributed by atoms with van der Waals surface area (Å²) in [6.07, 6.45) is 0. The molecular weight excluding hydrogens is 229 g/mol. The molecule has 88 valence electrons. The number of methoxy groups -OCH3 is 1. The Balaban J connectivity index is 2.66. The summed E-state index contributed by atoms with van der Waals surface area (Å²) in [5.41, 5.74) is -0.150. The van der Waals surface area contributed by atoms with E-state index in [-0.39, 0.29) is 16.9 Å². The summed E-state index contributed by atoms with van der Waals surface area (Å²) in [7, 11) is 1.28. The normalized spacial score (nSPS) is 10.4. The van der Waals surface area contributed by atoms with E-state index in [1.807, 2.05) is 0 Å². The summed E-state index contributed by atoms with van der Waals surface area (Å²) in [6, 6.07) is 7.38. The molecule has 0 fully saturated rings. The number of halogens is 3. The number of benzene rings is 2. The fourth-order valence-electron chi connectivity index (χ4n) is 1.60. The van der Waals surface area contributed by atoms with E-state index in [1.165, 1.54) is 31.4 Å². The zero-order chi connectivity index (χ0) is 12.4. The fraction of sp³-hybridized carbons (Fsp3) is 0.0769. The fourth-order valence-corrected chi connectivity index (χ4v) is 1.60. The Hall–Kier alpha value is -1.97. The van der Waals surface area contributed by atoms with Gasteiger partial charge in [0, 0.05) is 0 Å². The third kappa shape index (κ3) is 2.11. The standard InChI is InChI=1S/C13H9F3O/c1-17-11-6-5-10(15)12(13(11)16)8-3-2-4-9(14)7-8/h2-7H,1H3. The lowest BCUT2D eigenvalue weighted by Gasteiger charge is -2.08. The van der Waals surface area contributed by atoms with Gasteiger partial charge >= 0.3 is 0 Å². The van der Waals surface area contributed by atoms with Crippen molar-refractivity contribution in [2.45, 2.75) is 0 Å². The first kappa shape index (κ1) is 11.5. The van der Waals surface area contributed by atoms with E-state index in [0.717, 1.165) is 12.1 Å². The van der Waals surface area contributed by atoms with Gasteiger partial charge in [0.15, 0.2) is 11.6 Å².